The second-order valence-electron chi connectivity index (χ2n) is 2.88. The molecule has 0 spiro atoms. The van der Waals surface area contributed by atoms with Gasteiger partial charge in [-0.1, -0.05) is 13.8 Å². The van der Waals surface area contributed by atoms with Gasteiger partial charge in [-0.25, -0.2) is 4.09 Å². The summed E-state index contributed by atoms with van der Waals surface area (Å²) in [7, 11) is 0. The number of nitrogens with zero attached hydrogens (tertiary/aromatic N) is 2. The predicted molar refractivity (Wildman–Crippen MR) is 54.1 cm³/mol. The molecule has 1 atom stereocenters. The third-order valence-electron chi connectivity index (χ3n) is 1.86. The van der Waals surface area contributed by atoms with Gasteiger partial charge in [-0.15, -0.1) is 0 Å². The van der Waals surface area contributed by atoms with Crippen molar-refractivity contribution in [3.63, 3.8) is 0 Å². The van der Waals surface area contributed by atoms with E-state index in [1.165, 1.54) is 0 Å². The van der Waals surface area contributed by atoms with E-state index in [-0.39, 0.29) is 0 Å². The van der Waals surface area contributed by atoms with E-state index in [2.05, 4.69) is 18.9 Å². The molecule has 1 heterocycles. The molecule has 4 heteroatoms. The number of anilines is 1. The van der Waals surface area contributed by atoms with Crippen LogP contribution in [-0.2, 0) is 0 Å². The topological polar surface area (TPSA) is 43.8 Å². The first-order chi connectivity index (χ1) is 5.65. The van der Waals surface area contributed by atoms with Crippen LogP contribution in [0.4, 0.5) is 5.69 Å². The minimum Gasteiger partial charge on any atom is -0.396 e. The highest BCUT2D eigenvalue weighted by atomic mass is 32.2. The molecule has 0 fully saturated rings. The summed E-state index contributed by atoms with van der Waals surface area (Å²) in [4.78, 5) is 0. The minimum absolute atomic E-state index is 0.586. The first-order valence-electron chi connectivity index (χ1n) is 4.12. The van der Waals surface area contributed by atoms with Crippen LogP contribution in [0.2, 0.25) is 0 Å². The van der Waals surface area contributed by atoms with Crippen molar-refractivity contribution in [1.82, 2.24) is 9.19 Å². The van der Waals surface area contributed by atoms with Crippen LogP contribution in [0.1, 0.15) is 26.0 Å². The van der Waals surface area contributed by atoms with E-state index < -0.39 is 0 Å². The van der Waals surface area contributed by atoms with Gasteiger partial charge in [0.2, 0.25) is 0 Å². The Bertz CT molecular complexity index is 257. The van der Waals surface area contributed by atoms with Crippen LogP contribution >= 0.6 is 11.9 Å². The molecule has 1 aromatic rings. The molecular weight excluding hydrogens is 170 g/mol. The van der Waals surface area contributed by atoms with Gasteiger partial charge in [-0.2, -0.15) is 5.10 Å². The van der Waals surface area contributed by atoms with E-state index >= 15 is 0 Å². The number of hydrogen-bond donors (Lipinski definition) is 1. The minimum atomic E-state index is 0.586. The zero-order valence-electron chi connectivity index (χ0n) is 7.74. The molecule has 2 N–H and O–H groups in total. The molecule has 1 aromatic heterocycles. The molecule has 0 bridgehead atoms. The van der Waals surface area contributed by atoms with Crippen molar-refractivity contribution in [2.24, 2.45) is 0 Å². The molecule has 3 nitrogen and oxygen atoms in total. The fourth-order valence-corrected chi connectivity index (χ4v) is 1.61. The lowest BCUT2D eigenvalue weighted by Gasteiger charge is -2.08. The molecule has 0 saturated carbocycles. The third-order valence-corrected chi connectivity index (χ3v) is 3.12. The first-order valence-corrected chi connectivity index (χ1v) is 4.96. The summed E-state index contributed by atoms with van der Waals surface area (Å²) < 4.78 is 1.89. The van der Waals surface area contributed by atoms with Crippen LogP contribution in [-0.4, -0.2) is 14.4 Å². The maximum atomic E-state index is 5.66. The molecule has 0 aliphatic heterocycles. The Morgan fingerprint density at radius 2 is 2.42 bits per heavy atom. The first kappa shape index (κ1) is 9.45. The molecule has 0 radical (unpaired) electrons. The Morgan fingerprint density at radius 3 is 2.83 bits per heavy atom. The number of aromatic nitrogens is 2. The second-order valence-corrected chi connectivity index (χ2v) is 4.24. The monoisotopic (exact) mass is 185 g/mol. The van der Waals surface area contributed by atoms with Crippen LogP contribution in [0.5, 0.6) is 0 Å². The van der Waals surface area contributed by atoms with Gasteiger partial charge in [0, 0.05) is 5.25 Å². The number of nitrogens with two attached hydrogens (primary N) is 1. The number of nitrogen functional groups attached to an aromatic ring is 1. The van der Waals surface area contributed by atoms with Crippen molar-refractivity contribution >= 4 is 17.6 Å². The van der Waals surface area contributed by atoms with Crippen molar-refractivity contribution in [2.45, 2.75) is 32.4 Å². The van der Waals surface area contributed by atoms with Gasteiger partial charge >= 0.3 is 0 Å². The molecule has 1 unspecified atom stereocenters. The Hall–Kier alpha value is -0.640. The molecule has 12 heavy (non-hydrogen) atoms. The highest BCUT2D eigenvalue weighted by Crippen LogP contribution is 2.20. The molecule has 68 valence electrons. The van der Waals surface area contributed by atoms with E-state index in [0.29, 0.717) is 5.25 Å². The SMILES string of the molecule is CCC(C)Sn1ncc(N)c1C. The summed E-state index contributed by atoms with van der Waals surface area (Å²) in [6, 6.07) is 0. The summed E-state index contributed by atoms with van der Waals surface area (Å²) in [5, 5.41) is 4.74. The van der Waals surface area contributed by atoms with Gasteiger partial charge in [0.15, 0.2) is 0 Å². The quantitative estimate of drug-likeness (QED) is 0.784. The van der Waals surface area contributed by atoms with Crippen LogP contribution < -0.4 is 5.73 Å². The van der Waals surface area contributed by atoms with Gasteiger partial charge in [0.25, 0.3) is 0 Å². The second kappa shape index (κ2) is 3.85. The maximum Gasteiger partial charge on any atom is 0.0741 e. The highest BCUT2D eigenvalue weighted by Gasteiger charge is 2.06. The highest BCUT2D eigenvalue weighted by molar-refractivity contribution is 7.98. The maximum absolute atomic E-state index is 5.66. The van der Waals surface area contributed by atoms with E-state index in [1.54, 1.807) is 18.1 Å². The molecule has 0 amide bonds. The van der Waals surface area contributed by atoms with Crippen LogP contribution in [0, 0.1) is 6.92 Å². The smallest absolute Gasteiger partial charge is 0.0741 e. The van der Waals surface area contributed by atoms with E-state index in [0.717, 1.165) is 17.8 Å². The molecular formula is C8H15N3S. The number of hydrogen-bond acceptors (Lipinski definition) is 3. The standard InChI is InChI=1S/C8H15N3S/c1-4-6(2)12-11-7(3)8(9)5-10-11/h5-6H,4,9H2,1-3H3. The van der Waals surface area contributed by atoms with Gasteiger partial charge < -0.3 is 5.73 Å². The van der Waals surface area contributed by atoms with Gasteiger partial charge in [0.05, 0.1) is 17.6 Å². The lowest BCUT2D eigenvalue weighted by atomic mass is 10.4. The zero-order valence-corrected chi connectivity index (χ0v) is 8.56. The Labute approximate surface area is 77.5 Å². The van der Waals surface area contributed by atoms with Crippen molar-refractivity contribution in [1.29, 1.82) is 0 Å². The molecule has 1 rings (SSSR count). The largest absolute Gasteiger partial charge is 0.396 e. The van der Waals surface area contributed by atoms with Crippen LogP contribution in [0.3, 0.4) is 0 Å². The van der Waals surface area contributed by atoms with Crippen LogP contribution in [0.25, 0.3) is 0 Å². The summed E-state index contributed by atoms with van der Waals surface area (Å²) in [6.07, 6.45) is 2.84. The van der Waals surface area contributed by atoms with E-state index in [4.69, 9.17) is 5.73 Å². The Morgan fingerprint density at radius 1 is 1.75 bits per heavy atom. The summed E-state index contributed by atoms with van der Waals surface area (Å²) in [5.41, 5.74) is 7.47. The Kier molecular flexibility index (Phi) is 3.03. The summed E-state index contributed by atoms with van der Waals surface area (Å²) >= 11 is 1.72. The number of rotatable bonds is 3. The van der Waals surface area contributed by atoms with Crippen molar-refractivity contribution < 1.29 is 0 Å². The average Bonchev–Trinajstić information content (AvgIpc) is 2.36. The van der Waals surface area contributed by atoms with Crippen molar-refractivity contribution in [2.75, 3.05) is 5.73 Å². The Balaban J connectivity index is 2.69. The lowest BCUT2D eigenvalue weighted by Crippen LogP contribution is -2.01. The molecule has 0 aliphatic carbocycles. The molecule has 0 aliphatic rings. The molecule has 0 aromatic carbocycles. The predicted octanol–water partition coefficient (Wildman–Crippen LogP) is 2.07. The molecule has 0 saturated heterocycles. The van der Waals surface area contributed by atoms with E-state index in [9.17, 15) is 0 Å². The van der Waals surface area contributed by atoms with Gasteiger partial charge in [-0.3, -0.25) is 0 Å². The average molecular weight is 185 g/mol. The van der Waals surface area contributed by atoms with Crippen molar-refractivity contribution in [3.05, 3.63) is 11.9 Å². The fourth-order valence-electron chi connectivity index (χ4n) is 0.756. The van der Waals surface area contributed by atoms with Crippen LogP contribution in [0.15, 0.2) is 6.20 Å². The summed E-state index contributed by atoms with van der Waals surface area (Å²) in [5.74, 6) is 0. The zero-order chi connectivity index (χ0) is 9.14. The van der Waals surface area contributed by atoms with Gasteiger partial charge in [-0.05, 0) is 25.3 Å². The van der Waals surface area contributed by atoms with Gasteiger partial charge in [0.1, 0.15) is 0 Å². The third kappa shape index (κ3) is 1.94. The normalized spacial score (nSPS) is 13.2. The summed E-state index contributed by atoms with van der Waals surface area (Å²) in [6.45, 7) is 6.33. The van der Waals surface area contributed by atoms with E-state index in [1.807, 2.05) is 11.0 Å². The van der Waals surface area contributed by atoms with Crippen molar-refractivity contribution in [3.8, 4) is 0 Å². The fraction of sp³-hybridized carbons (Fsp3) is 0.625. The lowest BCUT2D eigenvalue weighted by molar-refractivity contribution is 0.876.